The second-order valence-electron chi connectivity index (χ2n) is 5.49. The second kappa shape index (κ2) is 5.61. The molecule has 0 rings (SSSR count). The Kier molecular flexibility index (Phi) is 5.46. The van der Waals surface area contributed by atoms with E-state index in [9.17, 15) is 4.79 Å². The van der Waals surface area contributed by atoms with E-state index < -0.39 is 8.32 Å². The molecule has 0 fully saturated rings. The van der Waals surface area contributed by atoms with E-state index in [1.807, 2.05) is 13.0 Å². The first-order valence-electron chi connectivity index (χ1n) is 5.44. The van der Waals surface area contributed by atoms with Crippen molar-refractivity contribution in [1.82, 2.24) is 0 Å². The quantitative estimate of drug-likeness (QED) is 0.409. The van der Waals surface area contributed by atoms with Crippen LogP contribution in [-0.4, -0.2) is 21.2 Å². The Hall–Kier alpha value is -0.413. The Morgan fingerprint density at radius 3 is 2.27 bits per heavy atom. The lowest BCUT2D eigenvalue weighted by Crippen LogP contribution is -2.40. The van der Waals surface area contributed by atoms with Gasteiger partial charge in [-0.3, -0.25) is 0 Å². The molecule has 0 unspecified atom stereocenters. The van der Waals surface area contributed by atoms with E-state index in [0.717, 1.165) is 11.9 Å². The van der Waals surface area contributed by atoms with Crippen molar-refractivity contribution < 1.29 is 9.22 Å². The van der Waals surface area contributed by atoms with Gasteiger partial charge in [-0.25, -0.2) is 0 Å². The van der Waals surface area contributed by atoms with Crippen LogP contribution in [0.25, 0.3) is 0 Å². The minimum atomic E-state index is -1.63. The van der Waals surface area contributed by atoms with Crippen molar-refractivity contribution in [3.8, 4) is 0 Å². The van der Waals surface area contributed by atoms with Crippen molar-refractivity contribution >= 4 is 14.6 Å². The molecular formula is C12H24O2Si. The average molecular weight is 228 g/mol. The summed E-state index contributed by atoms with van der Waals surface area (Å²) in [6.07, 6.45) is 3.45. The highest BCUT2D eigenvalue weighted by atomic mass is 28.4. The molecule has 0 aliphatic carbocycles. The summed E-state index contributed by atoms with van der Waals surface area (Å²) in [5.41, 5.74) is 1.09. The zero-order valence-electron chi connectivity index (χ0n) is 10.9. The second-order valence-corrected chi connectivity index (χ2v) is 10.3. The number of carbonyl (C=O) groups is 1. The van der Waals surface area contributed by atoms with Crippen LogP contribution in [0.5, 0.6) is 0 Å². The third-order valence-electron chi connectivity index (χ3n) is 3.09. The molecule has 3 heteroatoms. The summed E-state index contributed by atoms with van der Waals surface area (Å²) in [6, 6.07) is 0. The van der Waals surface area contributed by atoms with Gasteiger partial charge in [0, 0.05) is 6.42 Å². The monoisotopic (exact) mass is 228 g/mol. The van der Waals surface area contributed by atoms with Crippen LogP contribution in [0, 0.1) is 0 Å². The van der Waals surface area contributed by atoms with E-state index in [2.05, 4.69) is 33.9 Å². The normalized spacial score (nSPS) is 14.1. The van der Waals surface area contributed by atoms with Crippen LogP contribution in [0.3, 0.4) is 0 Å². The van der Waals surface area contributed by atoms with E-state index >= 15 is 0 Å². The molecule has 0 aliphatic heterocycles. The fraction of sp³-hybridized carbons (Fsp3) is 0.750. The highest BCUT2D eigenvalue weighted by Gasteiger charge is 2.36. The number of hydrogen-bond acceptors (Lipinski definition) is 2. The zero-order chi connectivity index (χ0) is 12.1. The van der Waals surface area contributed by atoms with Gasteiger partial charge in [0.25, 0.3) is 0 Å². The minimum absolute atomic E-state index is 0.249. The summed E-state index contributed by atoms with van der Waals surface area (Å²) in [5, 5.41) is 0.249. The maximum Gasteiger partial charge on any atom is 0.192 e. The van der Waals surface area contributed by atoms with Gasteiger partial charge in [-0.1, -0.05) is 32.4 Å². The van der Waals surface area contributed by atoms with E-state index in [0.29, 0.717) is 13.0 Å². The molecule has 0 aliphatic rings. The molecule has 0 aromatic rings. The summed E-state index contributed by atoms with van der Waals surface area (Å²) in [7, 11) is -1.63. The summed E-state index contributed by atoms with van der Waals surface area (Å²) in [5.74, 6) is 0. The van der Waals surface area contributed by atoms with E-state index in [1.165, 1.54) is 0 Å². The number of rotatable bonds is 5. The lowest BCUT2D eigenvalue weighted by molar-refractivity contribution is -0.107. The molecule has 0 saturated heterocycles. The van der Waals surface area contributed by atoms with Gasteiger partial charge in [-0.05, 0) is 25.1 Å². The lowest BCUT2D eigenvalue weighted by Gasteiger charge is -2.35. The predicted molar refractivity (Wildman–Crippen MR) is 67.6 cm³/mol. The smallest absolute Gasteiger partial charge is 0.192 e. The average Bonchev–Trinajstić information content (AvgIpc) is 2.01. The molecular weight excluding hydrogens is 204 g/mol. The largest absolute Gasteiger partial charge is 0.413 e. The van der Waals surface area contributed by atoms with Crippen LogP contribution in [0.1, 0.15) is 34.1 Å². The number of carbonyl (C=O) groups excluding carboxylic acids is 1. The van der Waals surface area contributed by atoms with Crippen molar-refractivity contribution in [3.63, 3.8) is 0 Å². The van der Waals surface area contributed by atoms with Gasteiger partial charge in [0.1, 0.15) is 6.29 Å². The van der Waals surface area contributed by atoms with Crippen LogP contribution >= 0.6 is 0 Å². The van der Waals surface area contributed by atoms with Crippen molar-refractivity contribution in [2.24, 2.45) is 0 Å². The van der Waals surface area contributed by atoms with Crippen molar-refractivity contribution in [3.05, 3.63) is 11.6 Å². The molecule has 15 heavy (non-hydrogen) atoms. The van der Waals surface area contributed by atoms with Crippen LogP contribution in [0.15, 0.2) is 11.6 Å². The summed E-state index contributed by atoms with van der Waals surface area (Å²) >= 11 is 0. The first-order valence-corrected chi connectivity index (χ1v) is 8.35. The molecule has 88 valence electrons. The molecule has 0 spiro atoms. The van der Waals surface area contributed by atoms with Crippen LogP contribution in [-0.2, 0) is 9.22 Å². The van der Waals surface area contributed by atoms with Crippen LogP contribution in [0.2, 0.25) is 18.1 Å². The molecule has 2 nitrogen and oxygen atoms in total. The molecule has 0 N–H and O–H groups in total. The predicted octanol–water partition coefficient (Wildman–Crippen LogP) is 3.54. The van der Waals surface area contributed by atoms with E-state index in [-0.39, 0.29) is 5.04 Å². The third kappa shape index (κ3) is 5.28. The number of hydrogen-bond donors (Lipinski definition) is 0. The Balaban J connectivity index is 4.16. The van der Waals surface area contributed by atoms with Crippen molar-refractivity contribution in [2.75, 3.05) is 6.61 Å². The minimum Gasteiger partial charge on any atom is -0.413 e. The Labute approximate surface area is 94.8 Å². The molecule has 0 heterocycles. The molecule has 0 radical (unpaired) electrons. The first-order chi connectivity index (χ1) is 6.70. The lowest BCUT2D eigenvalue weighted by atomic mass is 10.2. The van der Waals surface area contributed by atoms with Gasteiger partial charge in [0.05, 0.1) is 6.61 Å². The first kappa shape index (κ1) is 14.6. The summed E-state index contributed by atoms with van der Waals surface area (Å²) < 4.78 is 5.96. The summed E-state index contributed by atoms with van der Waals surface area (Å²) in [6.45, 7) is 13.7. The Morgan fingerprint density at radius 1 is 1.33 bits per heavy atom. The number of aldehydes is 1. The zero-order valence-corrected chi connectivity index (χ0v) is 11.9. The molecule has 0 amide bonds. The maximum atomic E-state index is 10.3. The Bertz CT molecular complexity index is 236. The van der Waals surface area contributed by atoms with Crippen LogP contribution < -0.4 is 0 Å². The highest BCUT2D eigenvalue weighted by molar-refractivity contribution is 6.74. The molecule has 0 aromatic carbocycles. The maximum absolute atomic E-state index is 10.3. The van der Waals surface area contributed by atoms with Crippen molar-refractivity contribution in [2.45, 2.75) is 52.2 Å². The van der Waals surface area contributed by atoms with Crippen LogP contribution in [0.4, 0.5) is 0 Å². The van der Waals surface area contributed by atoms with Gasteiger partial charge in [-0.2, -0.15) is 0 Å². The summed E-state index contributed by atoms with van der Waals surface area (Å²) in [4.78, 5) is 10.3. The fourth-order valence-corrected chi connectivity index (χ4v) is 1.76. The molecule has 0 aromatic heterocycles. The van der Waals surface area contributed by atoms with Gasteiger partial charge in [0.15, 0.2) is 8.32 Å². The van der Waals surface area contributed by atoms with Gasteiger partial charge >= 0.3 is 0 Å². The standard InChI is InChI=1S/C12H24O2Si/c1-11(7-9-13)8-10-14-15(5,6)12(2,3)4/h8-9H,7,10H2,1-6H3/b11-8-. The molecule has 0 atom stereocenters. The molecule has 0 saturated carbocycles. The van der Waals surface area contributed by atoms with E-state index in [4.69, 9.17) is 4.43 Å². The van der Waals surface area contributed by atoms with Gasteiger partial charge in [-0.15, -0.1) is 0 Å². The molecule has 0 bridgehead atoms. The highest BCUT2D eigenvalue weighted by Crippen LogP contribution is 2.36. The van der Waals surface area contributed by atoms with Gasteiger partial charge < -0.3 is 9.22 Å². The third-order valence-corrected chi connectivity index (χ3v) is 7.59. The van der Waals surface area contributed by atoms with E-state index in [1.54, 1.807) is 0 Å². The SMILES string of the molecule is C/C(=C/CO[Si](C)(C)C(C)(C)C)CC=O. The fourth-order valence-electron chi connectivity index (χ4n) is 0.824. The topological polar surface area (TPSA) is 26.3 Å². The van der Waals surface area contributed by atoms with Crippen molar-refractivity contribution in [1.29, 1.82) is 0 Å². The Morgan fingerprint density at radius 2 is 1.87 bits per heavy atom. The number of allylic oxidation sites excluding steroid dienone is 1. The van der Waals surface area contributed by atoms with Gasteiger partial charge in [0.2, 0.25) is 0 Å².